The molecule has 1 atom stereocenters. The van der Waals surface area contributed by atoms with Crippen LogP contribution in [0.15, 0.2) is 52.4 Å². The largest absolute Gasteiger partial charge is 0.508 e. The zero-order valence-electron chi connectivity index (χ0n) is 16.3. The van der Waals surface area contributed by atoms with Gasteiger partial charge in [0.2, 0.25) is 0 Å². The van der Waals surface area contributed by atoms with Crippen molar-refractivity contribution in [3.8, 4) is 17.2 Å². The fourth-order valence-electron chi connectivity index (χ4n) is 2.61. The lowest BCUT2D eigenvalue weighted by molar-refractivity contribution is -0.145. The van der Waals surface area contributed by atoms with Gasteiger partial charge in [0.15, 0.2) is 22.8 Å². The number of phenolic OH excluding ortho intramolecular Hbond substituents is 1. The molecule has 0 bridgehead atoms. The fraction of sp³-hybridized carbons (Fsp3) is 0.190. The van der Waals surface area contributed by atoms with Crippen LogP contribution in [0.5, 0.6) is 17.2 Å². The summed E-state index contributed by atoms with van der Waals surface area (Å²) in [5.41, 5.74) is 1.29. The number of aliphatic carboxylic acids is 1. The maximum atomic E-state index is 12.3. The Morgan fingerprint density at radius 1 is 1.23 bits per heavy atom. The van der Waals surface area contributed by atoms with Crippen LogP contribution in [0.25, 0.3) is 6.08 Å². The van der Waals surface area contributed by atoms with Crippen molar-refractivity contribution in [2.75, 3.05) is 7.11 Å². The fourth-order valence-corrected chi connectivity index (χ4v) is 3.45. The smallest absolute Gasteiger partial charge is 0.344 e. The molecule has 3 N–H and O–H groups in total. The standard InChI is InChI=1S/C21H20N2O6S/c1-3-15(20(26)27)29-16-9-4-12(10-17(16)28-2)11-18-19(25)23-21(30-18)22-13-5-7-14(24)8-6-13/h4-11,15,24H,3H2,1-2H3,(H,26,27)(H,22,23,25)/b18-11+. The number of rotatable bonds is 7. The predicted molar refractivity (Wildman–Crippen MR) is 114 cm³/mol. The predicted octanol–water partition coefficient (Wildman–Crippen LogP) is 3.53. The number of thioether (sulfide) groups is 1. The molecular formula is C21H20N2O6S. The number of nitrogens with one attached hydrogen (secondary N) is 1. The number of aromatic hydroxyl groups is 1. The number of carboxylic acids is 1. The number of methoxy groups -OCH3 is 1. The monoisotopic (exact) mass is 428 g/mol. The Labute approximate surface area is 177 Å². The molecule has 1 aliphatic heterocycles. The molecule has 9 heteroatoms. The minimum absolute atomic E-state index is 0.137. The average molecular weight is 428 g/mol. The topological polar surface area (TPSA) is 117 Å². The van der Waals surface area contributed by atoms with E-state index < -0.39 is 12.1 Å². The van der Waals surface area contributed by atoms with E-state index in [4.69, 9.17) is 14.6 Å². The van der Waals surface area contributed by atoms with Crippen LogP contribution >= 0.6 is 11.8 Å². The van der Waals surface area contributed by atoms with Gasteiger partial charge in [-0.15, -0.1) is 0 Å². The van der Waals surface area contributed by atoms with Gasteiger partial charge in [-0.25, -0.2) is 9.79 Å². The molecule has 1 unspecified atom stereocenters. The molecule has 0 radical (unpaired) electrons. The van der Waals surface area contributed by atoms with Crippen molar-refractivity contribution in [3.63, 3.8) is 0 Å². The van der Waals surface area contributed by atoms with Gasteiger partial charge in [-0.1, -0.05) is 13.0 Å². The van der Waals surface area contributed by atoms with E-state index in [0.29, 0.717) is 39.2 Å². The number of ether oxygens (including phenoxy) is 2. The number of aliphatic imine (C=N–C) groups is 1. The van der Waals surface area contributed by atoms with Crippen LogP contribution in [0.2, 0.25) is 0 Å². The summed E-state index contributed by atoms with van der Waals surface area (Å²) >= 11 is 1.19. The molecule has 30 heavy (non-hydrogen) atoms. The van der Waals surface area contributed by atoms with E-state index >= 15 is 0 Å². The molecule has 0 spiro atoms. The summed E-state index contributed by atoms with van der Waals surface area (Å²) in [7, 11) is 1.46. The molecule has 8 nitrogen and oxygen atoms in total. The number of phenols is 1. The summed E-state index contributed by atoms with van der Waals surface area (Å²) in [6.07, 6.45) is 1.02. The van der Waals surface area contributed by atoms with Crippen LogP contribution < -0.4 is 14.8 Å². The SMILES string of the molecule is CCC(Oc1ccc(/C=C2/SC(=Nc3ccc(O)cc3)NC2=O)cc1OC)C(=O)O. The van der Waals surface area contributed by atoms with E-state index in [1.807, 2.05) is 0 Å². The van der Waals surface area contributed by atoms with Crippen molar-refractivity contribution < 1.29 is 29.3 Å². The third-order valence-electron chi connectivity index (χ3n) is 4.13. The summed E-state index contributed by atoms with van der Waals surface area (Å²) < 4.78 is 10.8. The highest BCUT2D eigenvalue weighted by molar-refractivity contribution is 8.18. The number of amides is 1. The summed E-state index contributed by atoms with van der Waals surface area (Å²) in [4.78, 5) is 28.3. The minimum atomic E-state index is -1.05. The average Bonchev–Trinajstić information content (AvgIpc) is 3.06. The van der Waals surface area contributed by atoms with E-state index in [1.54, 1.807) is 43.3 Å². The molecule has 0 aromatic heterocycles. The van der Waals surface area contributed by atoms with Crippen molar-refractivity contribution in [2.45, 2.75) is 19.4 Å². The van der Waals surface area contributed by atoms with E-state index in [0.717, 1.165) is 0 Å². The lowest BCUT2D eigenvalue weighted by Gasteiger charge is -2.16. The molecule has 2 aromatic rings. The van der Waals surface area contributed by atoms with Gasteiger partial charge < -0.3 is 25.0 Å². The molecule has 1 heterocycles. The zero-order chi connectivity index (χ0) is 21.7. The van der Waals surface area contributed by atoms with E-state index in [1.165, 1.54) is 31.0 Å². The Bertz CT molecular complexity index is 1020. The molecule has 1 fully saturated rings. The lowest BCUT2D eigenvalue weighted by Crippen LogP contribution is -2.26. The maximum Gasteiger partial charge on any atom is 0.344 e. The molecule has 3 rings (SSSR count). The molecule has 2 aromatic carbocycles. The highest BCUT2D eigenvalue weighted by Crippen LogP contribution is 2.33. The molecular weight excluding hydrogens is 408 g/mol. The number of hydrogen-bond acceptors (Lipinski definition) is 7. The molecule has 0 aliphatic carbocycles. The van der Waals surface area contributed by atoms with Gasteiger partial charge >= 0.3 is 5.97 Å². The van der Waals surface area contributed by atoms with Crippen molar-refractivity contribution in [1.82, 2.24) is 5.32 Å². The summed E-state index contributed by atoms with van der Waals surface area (Å²) in [5.74, 6) is -0.519. The molecule has 1 saturated heterocycles. The maximum absolute atomic E-state index is 12.3. The number of carbonyl (C=O) groups excluding carboxylic acids is 1. The van der Waals surface area contributed by atoms with Gasteiger partial charge in [0, 0.05) is 0 Å². The van der Waals surface area contributed by atoms with Gasteiger partial charge in [-0.2, -0.15) is 0 Å². The van der Waals surface area contributed by atoms with E-state index in [-0.39, 0.29) is 11.7 Å². The normalized spacial score (nSPS) is 17.1. The van der Waals surface area contributed by atoms with Gasteiger partial charge in [-0.3, -0.25) is 4.79 Å². The Morgan fingerprint density at radius 3 is 2.60 bits per heavy atom. The van der Waals surface area contributed by atoms with Crippen molar-refractivity contribution in [2.24, 2.45) is 4.99 Å². The highest BCUT2D eigenvalue weighted by atomic mass is 32.2. The first-order chi connectivity index (χ1) is 14.4. The van der Waals surface area contributed by atoms with Crippen LogP contribution in [-0.4, -0.2) is 40.5 Å². The summed E-state index contributed by atoms with van der Waals surface area (Å²) in [6, 6.07) is 11.3. The Hall–Kier alpha value is -3.46. The molecule has 1 aliphatic rings. The first-order valence-corrected chi connectivity index (χ1v) is 9.87. The number of amidine groups is 1. The number of nitrogens with zero attached hydrogens (tertiary/aromatic N) is 1. The minimum Gasteiger partial charge on any atom is -0.508 e. The first kappa shape index (κ1) is 21.3. The van der Waals surface area contributed by atoms with E-state index in [2.05, 4.69) is 10.3 Å². The van der Waals surface area contributed by atoms with Gasteiger partial charge in [0.05, 0.1) is 17.7 Å². The van der Waals surface area contributed by atoms with Crippen LogP contribution in [0.4, 0.5) is 5.69 Å². The second kappa shape index (κ2) is 9.36. The summed E-state index contributed by atoms with van der Waals surface area (Å²) in [5, 5.41) is 21.6. The first-order valence-electron chi connectivity index (χ1n) is 9.05. The van der Waals surface area contributed by atoms with Crippen LogP contribution in [0.3, 0.4) is 0 Å². The zero-order valence-corrected chi connectivity index (χ0v) is 17.1. The van der Waals surface area contributed by atoms with E-state index in [9.17, 15) is 14.7 Å². The summed E-state index contributed by atoms with van der Waals surface area (Å²) in [6.45, 7) is 1.72. The van der Waals surface area contributed by atoms with Crippen molar-refractivity contribution >= 4 is 40.6 Å². The highest BCUT2D eigenvalue weighted by Gasteiger charge is 2.24. The lowest BCUT2D eigenvalue weighted by atomic mass is 10.1. The number of hydrogen-bond donors (Lipinski definition) is 3. The second-order valence-corrected chi connectivity index (χ2v) is 7.29. The van der Waals surface area contributed by atoms with Crippen LogP contribution in [0, 0.1) is 0 Å². The molecule has 1 amide bonds. The Balaban J connectivity index is 1.79. The number of benzene rings is 2. The molecule has 0 saturated carbocycles. The van der Waals surface area contributed by atoms with Gasteiger partial charge in [-0.05, 0) is 66.2 Å². The van der Waals surface area contributed by atoms with Crippen LogP contribution in [-0.2, 0) is 9.59 Å². The van der Waals surface area contributed by atoms with Crippen LogP contribution in [0.1, 0.15) is 18.9 Å². The van der Waals surface area contributed by atoms with Crippen molar-refractivity contribution in [1.29, 1.82) is 0 Å². The van der Waals surface area contributed by atoms with Gasteiger partial charge in [0.25, 0.3) is 5.91 Å². The molecule has 156 valence electrons. The van der Waals surface area contributed by atoms with Crippen molar-refractivity contribution in [3.05, 3.63) is 52.9 Å². The second-order valence-electron chi connectivity index (χ2n) is 6.26. The Morgan fingerprint density at radius 2 is 1.97 bits per heavy atom. The third kappa shape index (κ3) is 5.12. The Kier molecular flexibility index (Phi) is 6.63. The van der Waals surface area contributed by atoms with Gasteiger partial charge in [0.1, 0.15) is 5.75 Å². The third-order valence-corrected chi connectivity index (χ3v) is 5.04. The number of carbonyl (C=O) groups is 2. The quantitative estimate of drug-likeness (QED) is 0.578. The number of carboxylic acid groups (broad SMARTS) is 1.